The summed E-state index contributed by atoms with van der Waals surface area (Å²) < 4.78 is 10.4. The molecule has 0 radical (unpaired) electrons. The van der Waals surface area contributed by atoms with E-state index in [0.29, 0.717) is 29.8 Å². The highest BCUT2D eigenvalue weighted by atomic mass is 35.5. The maximum Gasteiger partial charge on any atom is 0.239 e. The van der Waals surface area contributed by atoms with Gasteiger partial charge >= 0.3 is 0 Å². The summed E-state index contributed by atoms with van der Waals surface area (Å²) in [6.45, 7) is 1.88. The van der Waals surface area contributed by atoms with Crippen LogP contribution in [0.3, 0.4) is 0 Å². The second-order valence-corrected chi connectivity index (χ2v) is 6.64. The fourth-order valence-electron chi connectivity index (χ4n) is 2.87. The highest BCUT2D eigenvalue weighted by Crippen LogP contribution is 2.39. The van der Waals surface area contributed by atoms with E-state index >= 15 is 0 Å². The number of carbonyl (C=O) groups is 1. The van der Waals surface area contributed by atoms with Gasteiger partial charge in [-0.3, -0.25) is 4.79 Å². The van der Waals surface area contributed by atoms with Gasteiger partial charge in [0.1, 0.15) is 6.04 Å². The fraction of sp³-hybridized carbons (Fsp3) is 0.562. The Hall–Kier alpha value is -0.850. The van der Waals surface area contributed by atoms with Crippen molar-refractivity contribution in [3.8, 4) is 0 Å². The van der Waals surface area contributed by atoms with E-state index < -0.39 is 6.04 Å². The summed E-state index contributed by atoms with van der Waals surface area (Å²) in [6.07, 6.45) is 1.54. The topological polar surface area (TPSA) is 73.6 Å². The van der Waals surface area contributed by atoms with Gasteiger partial charge in [-0.05, 0) is 30.5 Å². The largest absolute Gasteiger partial charge is 0.383 e. The summed E-state index contributed by atoms with van der Waals surface area (Å²) >= 11 is 12.4. The molecule has 1 atom stereocenters. The Morgan fingerprint density at radius 2 is 2.13 bits per heavy atom. The number of rotatable bonds is 6. The molecule has 5 nitrogen and oxygen atoms in total. The second-order valence-electron chi connectivity index (χ2n) is 5.80. The van der Waals surface area contributed by atoms with Crippen molar-refractivity contribution in [2.75, 3.05) is 33.5 Å². The SMILES string of the molecule is COCC(N)C(=O)NCC1(c2ccc(Cl)cc2Cl)CCOCC1. The predicted octanol–water partition coefficient (Wildman–Crippen LogP) is 2.13. The summed E-state index contributed by atoms with van der Waals surface area (Å²) in [5.41, 5.74) is 6.47. The number of amides is 1. The Bertz CT molecular complexity index is 548. The maximum atomic E-state index is 12.1. The molecule has 0 spiro atoms. The van der Waals surface area contributed by atoms with E-state index in [1.54, 1.807) is 6.07 Å². The first kappa shape index (κ1) is 18.5. The average Bonchev–Trinajstić information content (AvgIpc) is 2.53. The molecular weight excluding hydrogens is 339 g/mol. The molecule has 2 rings (SSSR count). The molecule has 0 aromatic heterocycles. The molecule has 7 heteroatoms. The minimum atomic E-state index is -0.683. The Kier molecular flexibility index (Phi) is 6.68. The Morgan fingerprint density at radius 3 is 2.74 bits per heavy atom. The lowest BCUT2D eigenvalue weighted by atomic mass is 9.74. The molecule has 1 aromatic rings. The summed E-state index contributed by atoms with van der Waals surface area (Å²) in [4.78, 5) is 12.1. The van der Waals surface area contributed by atoms with E-state index in [2.05, 4.69) is 5.32 Å². The van der Waals surface area contributed by atoms with Crippen molar-refractivity contribution in [1.82, 2.24) is 5.32 Å². The highest BCUT2D eigenvalue weighted by molar-refractivity contribution is 6.35. The van der Waals surface area contributed by atoms with Crippen LogP contribution in [0, 0.1) is 0 Å². The Morgan fingerprint density at radius 1 is 1.43 bits per heavy atom. The molecule has 1 aliphatic heterocycles. The molecule has 3 N–H and O–H groups in total. The van der Waals surface area contributed by atoms with Gasteiger partial charge in [-0.1, -0.05) is 29.3 Å². The third-order valence-corrected chi connectivity index (χ3v) is 4.78. The van der Waals surface area contributed by atoms with Crippen molar-refractivity contribution in [1.29, 1.82) is 0 Å². The standard InChI is InChI=1S/C16H22Cl2N2O3/c1-22-9-14(19)15(21)20-10-16(4-6-23-7-5-16)12-3-2-11(17)8-13(12)18/h2-3,8,14H,4-7,9-10,19H2,1H3,(H,20,21). The normalized spacial score (nSPS) is 18.4. The van der Waals surface area contributed by atoms with Crippen LogP contribution in [-0.2, 0) is 19.7 Å². The van der Waals surface area contributed by atoms with Crippen LogP contribution in [-0.4, -0.2) is 45.4 Å². The van der Waals surface area contributed by atoms with Gasteiger partial charge in [-0.15, -0.1) is 0 Å². The molecule has 1 heterocycles. The van der Waals surface area contributed by atoms with Crippen LogP contribution in [0.2, 0.25) is 10.0 Å². The van der Waals surface area contributed by atoms with E-state index in [0.717, 1.165) is 18.4 Å². The maximum absolute atomic E-state index is 12.1. The van der Waals surface area contributed by atoms with Gasteiger partial charge in [0.05, 0.1) is 6.61 Å². The van der Waals surface area contributed by atoms with Crippen LogP contribution < -0.4 is 11.1 Å². The molecule has 0 saturated carbocycles. The van der Waals surface area contributed by atoms with Crippen molar-refractivity contribution >= 4 is 29.1 Å². The van der Waals surface area contributed by atoms with Crippen molar-refractivity contribution in [3.63, 3.8) is 0 Å². The van der Waals surface area contributed by atoms with Crippen LogP contribution in [0.25, 0.3) is 0 Å². The molecule has 1 aromatic carbocycles. The van der Waals surface area contributed by atoms with Gasteiger partial charge in [0, 0.05) is 42.3 Å². The number of nitrogens with one attached hydrogen (secondary N) is 1. The smallest absolute Gasteiger partial charge is 0.239 e. The van der Waals surface area contributed by atoms with Gasteiger partial charge in [0.15, 0.2) is 0 Å². The van der Waals surface area contributed by atoms with Crippen LogP contribution >= 0.6 is 23.2 Å². The summed E-state index contributed by atoms with van der Waals surface area (Å²) in [6, 6.07) is 4.79. The molecular formula is C16H22Cl2N2O3. The minimum Gasteiger partial charge on any atom is -0.383 e. The fourth-order valence-corrected chi connectivity index (χ4v) is 3.47. The number of nitrogens with two attached hydrogens (primary N) is 1. The van der Waals surface area contributed by atoms with Gasteiger partial charge < -0.3 is 20.5 Å². The average molecular weight is 361 g/mol. The number of methoxy groups -OCH3 is 1. The first-order chi connectivity index (χ1) is 11.0. The van der Waals surface area contributed by atoms with Crippen molar-refractivity contribution in [2.45, 2.75) is 24.3 Å². The van der Waals surface area contributed by atoms with Crippen LogP contribution in [0.4, 0.5) is 0 Å². The number of hydrogen-bond donors (Lipinski definition) is 2. The predicted molar refractivity (Wildman–Crippen MR) is 91.1 cm³/mol. The molecule has 1 fully saturated rings. The monoisotopic (exact) mass is 360 g/mol. The van der Waals surface area contributed by atoms with E-state index in [4.69, 9.17) is 38.4 Å². The number of benzene rings is 1. The van der Waals surface area contributed by atoms with Crippen LogP contribution in [0.1, 0.15) is 18.4 Å². The molecule has 23 heavy (non-hydrogen) atoms. The molecule has 1 saturated heterocycles. The Labute approximate surface area is 146 Å². The Balaban J connectivity index is 2.17. The molecule has 1 unspecified atom stereocenters. The van der Waals surface area contributed by atoms with E-state index in [-0.39, 0.29) is 17.9 Å². The van der Waals surface area contributed by atoms with E-state index in [1.165, 1.54) is 7.11 Å². The lowest BCUT2D eigenvalue weighted by molar-refractivity contribution is -0.124. The zero-order valence-electron chi connectivity index (χ0n) is 13.1. The van der Waals surface area contributed by atoms with Gasteiger partial charge in [0.2, 0.25) is 5.91 Å². The molecule has 1 aliphatic rings. The molecule has 0 aliphatic carbocycles. The summed E-state index contributed by atoms with van der Waals surface area (Å²) in [7, 11) is 1.51. The summed E-state index contributed by atoms with van der Waals surface area (Å²) in [5.74, 6) is -0.234. The third kappa shape index (κ3) is 4.58. The third-order valence-electron chi connectivity index (χ3n) is 4.24. The van der Waals surface area contributed by atoms with Gasteiger partial charge in [-0.2, -0.15) is 0 Å². The number of ether oxygens (including phenoxy) is 2. The van der Waals surface area contributed by atoms with E-state index in [1.807, 2.05) is 12.1 Å². The lowest BCUT2D eigenvalue weighted by Gasteiger charge is -2.38. The lowest BCUT2D eigenvalue weighted by Crippen LogP contribution is -2.50. The van der Waals surface area contributed by atoms with Crippen molar-refractivity contribution in [2.24, 2.45) is 5.73 Å². The second kappa shape index (κ2) is 8.31. The zero-order chi connectivity index (χ0) is 16.9. The minimum absolute atomic E-state index is 0.184. The zero-order valence-corrected chi connectivity index (χ0v) is 14.6. The highest BCUT2D eigenvalue weighted by Gasteiger charge is 2.36. The van der Waals surface area contributed by atoms with Crippen LogP contribution in [0.15, 0.2) is 18.2 Å². The van der Waals surface area contributed by atoms with Crippen molar-refractivity contribution < 1.29 is 14.3 Å². The summed E-state index contributed by atoms with van der Waals surface area (Å²) in [5, 5.41) is 4.12. The van der Waals surface area contributed by atoms with Crippen LogP contribution in [0.5, 0.6) is 0 Å². The van der Waals surface area contributed by atoms with Gasteiger partial charge in [0.25, 0.3) is 0 Å². The number of halogens is 2. The van der Waals surface area contributed by atoms with Crippen molar-refractivity contribution in [3.05, 3.63) is 33.8 Å². The van der Waals surface area contributed by atoms with Gasteiger partial charge in [-0.25, -0.2) is 0 Å². The molecule has 128 valence electrons. The quantitative estimate of drug-likeness (QED) is 0.814. The number of carbonyl (C=O) groups excluding carboxylic acids is 1. The first-order valence-corrected chi connectivity index (χ1v) is 8.29. The molecule has 1 amide bonds. The number of hydrogen-bond acceptors (Lipinski definition) is 4. The first-order valence-electron chi connectivity index (χ1n) is 7.54. The molecule has 0 bridgehead atoms. The van der Waals surface area contributed by atoms with E-state index in [9.17, 15) is 4.79 Å².